The van der Waals surface area contributed by atoms with E-state index in [4.69, 9.17) is 22.7 Å². The van der Waals surface area contributed by atoms with Crippen molar-refractivity contribution in [3.8, 4) is 0 Å². The highest BCUT2D eigenvalue weighted by atomic mass is 32.1. The van der Waals surface area contributed by atoms with Crippen LogP contribution in [0.5, 0.6) is 0 Å². The molecule has 98 valence electrons. The van der Waals surface area contributed by atoms with Crippen LogP contribution in [0.2, 0.25) is 0 Å². The average Bonchev–Trinajstić information content (AvgIpc) is 2.37. The van der Waals surface area contributed by atoms with Crippen molar-refractivity contribution in [1.29, 1.82) is 0 Å². The second-order valence-electron chi connectivity index (χ2n) is 3.92. The summed E-state index contributed by atoms with van der Waals surface area (Å²) in [6.07, 6.45) is 0. The Morgan fingerprint density at radius 3 is 2.67 bits per heavy atom. The summed E-state index contributed by atoms with van der Waals surface area (Å²) < 4.78 is 5.00. The Morgan fingerprint density at radius 2 is 2.11 bits per heavy atom. The summed E-state index contributed by atoms with van der Waals surface area (Å²) in [6, 6.07) is 7.07. The number of nitrogens with two attached hydrogens (primary N) is 1. The van der Waals surface area contributed by atoms with Gasteiger partial charge < -0.3 is 15.4 Å². The fourth-order valence-corrected chi connectivity index (χ4v) is 1.79. The number of anilines is 1. The summed E-state index contributed by atoms with van der Waals surface area (Å²) in [5.41, 5.74) is 7.26. The van der Waals surface area contributed by atoms with Crippen LogP contribution < -0.4 is 10.6 Å². The topological polar surface area (TPSA) is 55.6 Å². The lowest BCUT2D eigenvalue weighted by molar-refractivity contribution is -0.144. The first-order valence-corrected chi connectivity index (χ1v) is 6.18. The number of nitrogens with zero attached hydrogens (tertiary/aromatic N) is 1. The molecule has 1 rings (SSSR count). The average molecular weight is 266 g/mol. The zero-order valence-electron chi connectivity index (χ0n) is 10.8. The number of hydrogen-bond acceptors (Lipinski definition) is 4. The van der Waals surface area contributed by atoms with Crippen molar-refractivity contribution >= 4 is 28.9 Å². The van der Waals surface area contributed by atoms with Crippen LogP contribution in [0.4, 0.5) is 5.69 Å². The summed E-state index contributed by atoms with van der Waals surface area (Å²) in [5, 5.41) is 0. The monoisotopic (exact) mass is 266 g/mol. The minimum atomic E-state index is -0.388. The van der Waals surface area contributed by atoms with Gasteiger partial charge in [0.15, 0.2) is 0 Å². The third-order valence-electron chi connectivity index (χ3n) is 2.76. The van der Waals surface area contributed by atoms with Crippen LogP contribution >= 0.6 is 12.2 Å². The maximum Gasteiger partial charge on any atom is 0.328 e. The van der Waals surface area contributed by atoms with Gasteiger partial charge in [-0.1, -0.05) is 24.4 Å². The van der Waals surface area contributed by atoms with Gasteiger partial charge in [-0.2, -0.15) is 0 Å². The number of likely N-dealkylation sites (N-methyl/N-ethyl adjacent to an activating group) is 1. The summed E-state index contributed by atoms with van der Waals surface area (Å²) in [7, 11) is 1.82. The number of thiocarbonyl (C=S) groups is 1. The van der Waals surface area contributed by atoms with Gasteiger partial charge in [0.25, 0.3) is 0 Å². The number of carbonyl (C=O) groups excluding carboxylic acids is 1. The van der Waals surface area contributed by atoms with Crippen molar-refractivity contribution in [2.75, 3.05) is 18.6 Å². The van der Waals surface area contributed by atoms with Crippen LogP contribution in [0.25, 0.3) is 0 Å². The van der Waals surface area contributed by atoms with Crippen molar-refractivity contribution < 1.29 is 9.53 Å². The fraction of sp³-hybridized carbons (Fsp3) is 0.385. The molecule has 18 heavy (non-hydrogen) atoms. The van der Waals surface area contributed by atoms with Gasteiger partial charge in [-0.05, 0) is 26.0 Å². The van der Waals surface area contributed by atoms with Gasteiger partial charge in [0, 0.05) is 18.3 Å². The number of ether oxygens (including phenoxy) is 1. The Balaban J connectivity index is 2.99. The van der Waals surface area contributed by atoms with Crippen LogP contribution in [0.3, 0.4) is 0 Å². The van der Waals surface area contributed by atoms with Crippen LogP contribution in [0.15, 0.2) is 24.3 Å². The van der Waals surface area contributed by atoms with Crippen LogP contribution in [0.1, 0.15) is 19.4 Å². The molecule has 1 atom stereocenters. The summed E-state index contributed by atoms with van der Waals surface area (Å²) in [6.45, 7) is 3.94. The number of para-hydroxylation sites is 1. The molecule has 1 aromatic rings. The highest BCUT2D eigenvalue weighted by Gasteiger charge is 2.21. The fourth-order valence-electron chi connectivity index (χ4n) is 1.62. The lowest BCUT2D eigenvalue weighted by atomic mass is 10.1. The zero-order valence-corrected chi connectivity index (χ0v) is 11.7. The third kappa shape index (κ3) is 3.20. The first kappa shape index (κ1) is 14.4. The van der Waals surface area contributed by atoms with E-state index < -0.39 is 0 Å². The summed E-state index contributed by atoms with van der Waals surface area (Å²) in [4.78, 5) is 13.8. The first-order valence-electron chi connectivity index (χ1n) is 5.77. The molecular weight excluding hydrogens is 248 g/mol. The number of hydrogen-bond donors (Lipinski definition) is 1. The highest BCUT2D eigenvalue weighted by Crippen LogP contribution is 2.21. The molecule has 0 aliphatic heterocycles. The van der Waals surface area contributed by atoms with E-state index >= 15 is 0 Å². The molecule has 2 N–H and O–H groups in total. The molecule has 5 heteroatoms. The Labute approximate surface area is 113 Å². The van der Waals surface area contributed by atoms with Gasteiger partial charge in [0.05, 0.1) is 6.61 Å². The largest absolute Gasteiger partial charge is 0.464 e. The van der Waals surface area contributed by atoms with Crippen LogP contribution in [-0.4, -0.2) is 30.7 Å². The Hall–Kier alpha value is -1.62. The van der Waals surface area contributed by atoms with Gasteiger partial charge in [-0.15, -0.1) is 0 Å². The summed E-state index contributed by atoms with van der Waals surface area (Å²) >= 11 is 5.01. The minimum absolute atomic E-state index is 0.266. The minimum Gasteiger partial charge on any atom is -0.464 e. The van der Waals surface area contributed by atoms with Gasteiger partial charge >= 0.3 is 5.97 Å². The molecule has 1 unspecified atom stereocenters. The van der Waals surface area contributed by atoms with E-state index in [2.05, 4.69) is 0 Å². The molecule has 0 aliphatic carbocycles. The second kappa shape index (κ2) is 6.35. The number of carbonyl (C=O) groups is 1. The normalized spacial score (nSPS) is 11.7. The third-order valence-corrected chi connectivity index (χ3v) is 2.98. The molecule has 0 spiro atoms. The van der Waals surface area contributed by atoms with Crippen molar-refractivity contribution in [3.05, 3.63) is 29.8 Å². The van der Waals surface area contributed by atoms with E-state index in [-0.39, 0.29) is 12.0 Å². The predicted molar refractivity (Wildman–Crippen MR) is 76.8 cm³/mol. The van der Waals surface area contributed by atoms with Gasteiger partial charge in [0.1, 0.15) is 11.0 Å². The zero-order chi connectivity index (χ0) is 13.7. The van der Waals surface area contributed by atoms with E-state index in [9.17, 15) is 4.79 Å². The number of rotatable bonds is 5. The lowest BCUT2D eigenvalue weighted by Gasteiger charge is -2.27. The summed E-state index contributed by atoms with van der Waals surface area (Å²) in [5.74, 6) is -0.266. The Morgan fingerprint density at radius 1 is 1.50 bits per heavy atom. The quantitative estimate of drug-likeness (QED) is 0.649. The maximum atomic E-state index is 11.7. The molecule has 0 aromatic heterocycles. The predicted octanol–water partition coefficient (Wildman–Crippen LogP) is 1.71. The SMILES string of the molecule is CCOC(=O)C(C)N(C)c1ccccc1C(N)=S. The molecule has 0 heterocycles. The molecule has 0 bridgehead atoms. The van der Waals surface area contributed by atoms with Crippen molar-refractivity contribution in [2.45, 2.75) is 19.9 Å². The maximum absolute atomic E-state index is 11.7. The molecule has 0 saturated heterocycles. The van der Waals surface area contributed by atoms with Crippen molar-refractivity contribution in [3.63, 3.8) is 0 Å². The van der Waals surface area contributed by atoms with E-state index in [0.29, 0.717) is 11.6 Å². The number of esters is 1. The molecule has 0 radical (unpaired) electrons. The van der Waals surface area contributed by atoms with E-state index in [0.717, 1.165) is 11.3 Å². The van der Waals surface area contributed by atoms with E-state index in [1.165, 1.54) is 0 Å². The standard InChI is InChI=1S/C13H18N2O2S/c1-4-17-13(16)9(2)15(3)11-8-6-5-7-10(11)12(14)18/h5-9H,4H2,1-3H3,(H2,14,18). The Kier molecular flexibility index (Phi) is 5.09. The second-order valence-corrected chi connectivity index (χ2v) is 4.36. The smallest absolute Gasteiger partial charge is 0.328 e. The van der Waals surface area contributed by atoms with Crippen molar-refractivity contribution in [1.82, 2.24) is 0 Å². The molecule has 1 aromatic carbocycles. The van der Waals surface area contributed by atoms with Crippen LogP contribution in [-0.2, 0) is 9.53 Å². The van der Waals surface area contributed by atoms with Gasteiger partial charge in [0.2, 0.25) is 0 Å². The molecule has 4 nitrogen and oxygen atoms in total. The van der Waals surface area contributed by atoms with Gasteiger partial charge in [-0.25, -0.2) is 4.79 Å². The number of benzene rings is 1. The lowest BCUT2D eigenvalue weighted by Crippen LogP contribution is -2.38. The van der Waals surface area contributed by atoms with Gasteiger partial charge in [-0.3, -0.25) is 0 Å². The first-order chi connectivity index (χ1) is 8.49. The Bertz CT molecular complexity index is 448. The molecule has 0 fully saturated rings. The molecule has 0 aliphatic rings. The molecule has 0 saturated carbocycles. The van der Waals surface area contributed by atoms with E-state index in [1.807, 2.05) is 36.2 Å². The van der Waals surface area contributed by atoms with Crippen molar-refractivity contribution in [2.24, 2.45) is 5.73 Å². The molecular formula is C13H18N2O2S. The van der Waals surface area contributed by atoms with E-state index in [1.54, 1.807) is 13.8 Å². The molecule has 0 amide bonds. The highest BCUT2D eigenvalue weighted by molar-refractivity contribution is 7.80. The van der Waals surface area contributed by atoms with Crippen LogP contribution in [0, 0.1) is 0 Å².